The maximum absolute atomic E-state index is 11.1. The van der Waals surface area contributed by atoms with Crippen molar-refractivity contribution in [3.8, 4) is 0 Å². The zero-order valence-corrected chi connectivity index (χ0v) is 8.78. The lowest BCUT2D eigenvalue weighted by Gasteiger charge is -2.44. The molecule has 1 rings (SSSR count). The molecule has 94 valence electrons. The molecular formula is C9H16O7. The number of hydrogen-bond donors (Lipinski definition) is 5. The molecule has 0 aromatic carbocycles. The van der Waals surface area contributed by atoms with Crippen molar-refractivity contribution in [2.24, 2.45) is 0 Å². The quantitative estimate of drug-likeness (QED) is 0.356. The Hall–Kier alpha value is -0.570. The number of rotatable bonds is 3. The lowest BCUT2D eigenvalue weighted by molar-refractivity contribution is -0.328. The highest BCUT2D eigenvalue weighted by molar-refractivity contribution is 5.84. The largest absolute Gasteiger partial charge is 0.396 e. The van der Waals surface area contributed by atoms with Gasteiger partial charge in [0.25, 0.3) is 5.79 Å². The molecular weight excluding hydrogens is 220 g/mol. The predicted octanol–water partition coefficient (Wildman–Crippen LogP) is -2.87. The zero-order chi connectivity index (χ0) is 12.5. The third kappa shape index (κ3) is 2.10. The minimum atomic E-state index is -2.54. The molecule has 0 aromatic rings. The monoisotopic (exact) mass is 236 g/mol. The molecule has 0 spiro atoms. The smallest absolute Gasteiger partial charge is 0.256 e. The maximum Gasteiger partial charge on any atom is 0.256 e. The molecule has 0 saturated carbocycles. The fraction of sp³-hybridized carbons (Fsp3) is 0.889. The van der Waals surface area contributed by atoms with Crippen LogP contribution < -0.4 is 0 Å². The SMILES string of the molecule is CC(=O)[C@@]1(O)O[C@H](CCO)[C@@H](O)[C@H](O)[C@@H]1O. The van der Waals surface area contributed by atoms with Crippen LogP contribution in [0.3, 0.4) is 0 Å². The minimum absolute atomic E-state index is 0.0689. The minimum Gasteiger partial charge on any atom is -0.396 e. The summed E-state index contributed by atoms with van der Waals surface area (Å²) in [5, 5.41) is 46.8. The number of carbonyl (C=O) groups excluding carboxylic acids is 1. The van der Waals surface area contributed by atoms with E-state index >= 15 is 0 Å². The second-order valence-corrected chi connectivity index (χ2v) is 3.85. The van der Waals surface area contributed by atoms with Crippen molar-refractivity contribution in [3.63, 3.8) is 0 Å². The molecule has 0 aliphatic carbocycles. The Bertz CT molecular complexity index is 269. The molecule has 0 radical (unpaired) electrons. The summed E-state index contributed by atoms with van der Waals surface area (Å²) in [6, 6.07) is 0. The van der Waals surface area contributed by atoms with Crippen molar-refractivity contribution in [3.05, 3.63) is 0 Å². The highest BCUT2D eigenvalue weighted by Gasteiger charge is 2.55. The van der Waals surface area contributed by atoms with Gasteiger partial charge in [0.1, 0.15) is 18.3 Å². The number of ether oxygens (including phenoxy) is 1. The summed E-state index contributed by atoms with van der Waals surface area (Å²) in [6.45, 7) is 0.641. The third-order valence-electron chi connectivity index (χ3n) is 2.70. The van der Waals surface area contributed by atoms with E-state index in [1.807, 2.05) is 0 Å². The van der Waals surface area contributed by atoms with Gasteiger partial charge in [0.05, 0.1) is 6.10 Å². The van der Waals surface area contributed by atoms with E-state index in [1.54, 1.807) is 0 Å². The zero-order valence-electron chi connectivity index (χ0n) is 8.78. The summed E-state index contributed by atoms with van der Waals surface area (Å²) < 4.78 is 4.86. The van der Waals surface area contributed by atoms with Crippen LogP contribution >= 0.6 is 0 Å². The number of hydrogen-bond acceptors (Lipinski definition) is 7. The van der Waals surface area contributed by atoms with Crippen LogP contribution in [0.25, 0.3) is 0 Å². The van der Waals surface area contributed by atoms with Crippen LogP contribution in [-0.2, 0) is 9.53 Å². The lowest BCUT2D eigenvalue weighted by Crippen LogP contribution is -2.67. The van der Waals surface area contributed by atoms with Crippen LogP contribution in [0.5, 0.6) is 0 Å². The van der Waals surface area contributed by atoms with Crippen molar-refractivity contribution in [1.29, 1.82) is 0 Å². The van der Waals surface area contributed by atoms with Gasteiger partial charge in [-0.1, -0.05) is 0 Å². The van der Waals surface area contributed by atoms with E-state index in [4.69, 9.17) is 9.84 Å². The normalized spacial score (nSPS) is 44.4. The Labute approximate surface area is 91.9 Å². The molecule has 0 amide bonds. The van der Waals surface area contributed by atoms with Gasteiger partial charge in [0.15, 0.2) is 5.78 Å². The number of aliphatic hydroxyl groups excluding tert-OH is 4. The molecule has 7 nitrogen and oxygen atoms in total. The Morgan fingerprint density at radius 2 is 1.88 bits per heavy atom. The van der Waals surface area contributed by atoms with E-state index in [0.717, 1.165) is 6.92 Å². The fourth-order valence-corrected chi connectivity index (χ4v) is 1.66. The van der Waals surface area contributed by atoms with Crippen molar-refractivity contribution < 1.29 is 35.1 Å². The first-order valence-electron chi connectivity index (χ1n) is 4.91. The van der Waals surface area contributed by atoms with Crippen molar-refractivity contribution >= 4 is 5.78 Å². The molecule has 0 bridgehead atoms. The van der Waals surface area contributed by atoms with Crippen molar-refractivity contribution in [1.82, 2.24) is 0 Å². The maximum atomic E-state index is 11.1. The summed E-state index contributed by atoms with van der Waals surface area (Å²) in [6.07, 6.45) is -6.28. The first kappa shape index (κ1) is 13.5. The summed E-state index contributed by atoms with van der Waals surface area (Å²) in [5.41, 5.74) is 0. The molecule has 1 aliphatic rings. The topological polar surface area (TPSA) is 127 Å². The standard InChI is InChI=1S/C9H16O7/c1-4(11)9(15)8(14)7(13)6(12)5(16-9)2-3-10/h5-8,10,12-15H,2-3H2,1H3/t5-,6-,7+,8+,9-/m1/s1. The molecule has 1 saturated heterocycles. The van der Waals surface area contributed by atoms with Crippen LogP contribution in [0.2, 0.25) is 0 Å². The predicted molar refractivity (Wildman–Crippen MR) is 50.2 cm³/mol. The molecule has 7 heteroatoms. The van der Waals surface area contributed by atoms with Gasteiger partial charge in [-0.2, -0.15) is 0 Å². The second kappa shape index (κ2) is 4.74. The van der Waals surface area contributed by atoms with Crippen LogP contribution in [0.15, 0.2) is 0 Å². The van der Waals surface area contributed by atoms with Gasteiger partial charge in [-0.3, -0.25) is 4.79 Å². The summed E-state index contributed by atoms with van der Waals surface area (Å²) in [7, 11) is 0. The Morgan fingerprint density at radius 3 is 2.31 bits per heavy atom. The van der Waals surface area contributed by atoms with E-state index in [-0.39, 0.29) is 13.0 Å². The van der Waals surface area contributed by atoms with Crippen LogP contribution in [0.4, 0.5) is 0 Å². The van der Waals surface area contributed by atoms with Gasteiger partial charge in [-0.05, 0) is 6.42 Å². The molecule has 1 heterocycles. The summed E-state index contributed by atoms with van der Waals surface area (Å²) >= 11 is 0. The molecule has 5 N–H and O–H groups in total. The highest BCUT2D eigenvalue weighted by Crippen LogP contribution is 2.30. The van der Waals surface area contributed by atoms with Gasteiger partial charge in [0.2, 0.25) is 0 Å². The summed E-state index contributed by atoms with van der Waals surface area (Å²) in [5.74, 6) is -3.42. The average molecular weight is 236 g/mol. The van der Waals surface area contributed by atoms with E-state index < -0.39 is 36.0 Å². The van der Waals surface area contributed by atoms with Crippen molar-refractivity contribution in [2.45, 2.75) is 43.5 Å². The van der Waals surface area contributed by atoms with E-state index in [9.17, 15) is 25.2 Å². The molecule has 0 unspecified atom stereocenters. The van der Waals surface area contributed by atoms with Gasteiger partial charge in [-0.25, -0.2) is 0 Å². The lowest BCUT2D eigenvalue weighted by atomic mass is 9.89. The Kier molecular flexibility index (Phi) is 4.00. The highest BCUT2D eigenvalue weighted by atomic mass is 16.7. The van der Waals surface area contributed by atoms with E-state index in [1.165, 1.54) is 0 Å². The van der Waals surface area contributed by atoms with E-state index in [2.05, 4.69) is 0 Å². The van der Waals surface area contributed by atoms with Gasteiger partial charge in [-0.15, -0.1) is 0 Å². The van der Waals surface area contributed by atoms with E-state index in [0.29, 0.717) is 0 Å². The second-order valence-electron chi connectivity index (χ2n) is 3.85. The first-order chi connectivity index (χ1) is 7.34. The fourth-order valence-electron chi connectivity index (χ4n) is 1.66. The Balaban J connectivity index is 2.93. The molecule has 0 aromatic heterocycles. The average Bonchev–Trinajstić information content (AvgIpc) is 2.23. The molecule has 1 fully saturated rings. The van der Waals surface area contributed by atoms with Gasteiger partial charge >= 0.3 is 0 Å². The Morgan fingerprint density at radius 1 is 1.31 bits per heavy atom. The van der Waals surface area contributed by atoms with Crippen molar-refractivity contribution in [2.75, 3.05) is 6.61 Å². The van der Waals surface area contributed by atoms with Crippen LogP contribution in [0.1, 0.15) is 13.3 Å². The number of aliphatic hydroxyl groups is 5. The molecule has 16 heavy (non-hydrogen) atoms. The molecule has 1 aliphatic heterocycles. The van der Waals surface area contributed by atoms with Crippen LogP contribution in [-0.4, -0.2) is 68.1 Å². The number of ketones is 1. The molecule has 5 atom stereocenters. The third-order valence-corrected chi connectivity index (χ3v) is 2.70. The van der Waals surface area contributed by atoms with Gasteiger partial charge in [0, 0.05) is 13.5 Å². The number of Topliss-reactive ketones (excluding diaryl/α,β-unsaturated/α-hetero) is 1. The van der Waals surface area contributed by atoms with Crippen LogP contribution in [0, 0.1) is 0 Å². The van der Waals surface area contributed by atoms with Gasteiger partial charge < -0.3 is 30.3 Å². The first-order valence-corrected chi connectivity index (χ1v) is 4.91. The number of carbonyl (C=O) groups is 1. The summed E-state index contributed by atoms with van der Waals surface area (Å²) in [4.78, 5) is 11.1.